The van der Waals surface area contributed by atoms with E-state index in [2.05, 4.69) is 27.8 Å². The summed E-state index contributed by atoms with van der Waals surface area (Å²) in [5.74, 6) is -0.133. The van der Waals surface area contributed by atoms with Crippen molar-refractivity contribution in [2.45, 2.75) is 45.6 Å². The van der Waals surface area contributed by atoms with Gasteiger partial charge in [0.05, 0.1) is 6.54 Å². The summed E-state index contributed by atoms with van der Waals surface area (Å²) in [5.41, 5.74) is 1.79. The third kappa shape index (κ3) is 7.13. The summed E-state index contributed by atoms with van der Waals surface area (Å²) >= 11 is 0. The Hall–Kier alpha value is -2.08. The largest absolute Gasteiger partial charge is 0.352 e. The average molecular weight is 346 g/mol. The van der Waals surface area contributed by atoms with Gasteiger partial charge in [0.15, 0.2) is 0 Å². The molecule has 0 spiro atoms. The minimum atomic E-state index is -0.366. The van der Waals surface area contributed by atoms with Gasteiger partial charge < -0.3 is 20.9 Å². The van der Waals surface area contributed by atoms with E-state index in [0.29, 0.717) is 0 Å². The van der Waals surface area contributed by atoms with E-state index in [4.69, 9.17) is 0 Å². The fourth-order valence-corrected chi connectivity index (χ4v) is 3.02. The number of carbonyl (C=O) groups excluding carboxylic acids is 2. The van der Waals surface area contributed by atoms with E-state index in [1.807, 2.05) is 31.2 Å². The van der Waals surface area contributed by atoms with Gasteiger partial charge in [-0.05, 0) is 50.4 Å². The second kappa shape index (κ2) is 10.0. The van der Waals surface area contributed by atoms with Gasteiger partial charge in [-0.2, -0.15) is 0 Å². The Kier molecular flexibility index (Phi) is 7.73. The van der Waals surface area contributed by atoms with Crippen molar-refractivity contribution >= 4 is 17.6 Å². The number of likely N-dealkylation sites (tertiary alicyclic amines) is 1. The van der Waals surface area contributed by atoms with Crippen LogP contribution in [0.2, 0.25) is 0 Å². The van der Waals surface area contributed by atoms with Crippen LogP contribution in [0.1, 0.15) is 38.2 Å². The lowest BCUT2D eigenvalue weighted by atomic mass is 10.0. The first-order valence-corrected chi connectivity index (χ1v) is 9.20. The number of aryl methyl sites for hydroxylation is 1. The summed E-state index contributed by atoms with van der Waals surface area (Å²) in [7, 11) is 0. The molecule has 0 bridgehead atoms. The molecule has 6 heteroatoms. The molecule has 0 saturated carbocycles. The smallest absolute Gasteiger partial charge is 0.319 e. The summed E-state index contributed by atoms with van der Waals surface area (Å²) in [4.78, 5) is 26.3. The molecule has 1 aromatic carbocycles. The molecule has 1 fully saturated rings. The predicted molar refractivity (Wildman–Crippen MR) is 101 cm³/mol. The van der Waals surface area contributed by atoms with Crippen molar-refractivity contribution < 1.29 is 9.59 Å². The van der Waals surface area contributed by atoms with Crippen LogP contribution in [0.15, 0.2) is 24.3 Å². The van der Waals surface area contributed by atoms with E-state index in [9.17, 15) is 9.59 Å². The first-order chi connectivity index (χ1) is 12.1. The third-order valence-electron chi connectivity index (χ3n) is 4.47. The van der Waals surface area contributed by atoms with Gasteiger partial charge >= 0.3 is 6.03 Å². The number of anilines is 1. The Balaban J connectivity index is 1.63. The number of piperidine rings is 1. The summed E-state index contributed by atoms with van der Waals surface area (Å²) in [6.07, 6.45) is 4.40. The van der Waals surface area contributed by atoms with E-state index in [-0.39, 0.29) is 24.5 Å². The Morgan fingerprint density at radius 2 is 2.00 bits per heavy atom. The highest BCUT2D eigenvalue weighted by atomic mass is 16.2. The molecule has 0 unspecified atom stereocenters. The molecule has 138 valence electrons. The Bertz CT molecular complexity index is 568. The van der Waals surface area contributed by atoms with Crippen LogP contribution in [0.5, 0.6) is 0 Å². The van der Waals surface area contributed by atoms with Gasteiger partial charge in [-0.25, -0.2) is 4.79 Å². The number of carbonyl (C=O) groups is 2. The number of amides is 3. The van der Waals surface area contributed by atoms with Crippen LogP contribution >= 0.6 is 0 Å². The molecule has 2 rings (SSSR count). The zero-order valence-electron chi connectivity index (χ0n) is 15.3. The Labute approximate surface area is 150 Å². The zero-order chi connectivity index (χ0) is 18.1. The maximum Gasteiger partial charge on any atom is 0.319 e. The number of benzene rings is 1. The highest BCUT2D eigenvalue weighted by molar-refractivity contribution is 5.92. The van der Waals surface area contributed by atoms with Crippen LogP contribution in [0, 0.1) is 6.92 Å². The van der Waals surface area contributed by atoms with Gasteiger partial charge in [0.25, 0.3) is 0 Å². The highest BCUT2D eigenvalue weighted by Gasteiger charge is 2.20. The topological polar surface area (TPSA) is 73.5 Å². The number of urea groups is 1. The van der Waals surface area contributed by atoms with Crippen molar-refractivity contribution in [3.63, 3.8) is 0 Å². The minimum absolute atomic E-state index is 0.00625. The fourth-order valence-electron chi connectivity index (χ4n) is 3.02. The molecule has 3 amide bonds. The number of nitrogens with one attached hydrogen (secondary N) is 3. The van der Waals surface area contributed by atoms with E-state index in [1.54, 1.807) is 0 Å². The predicted octanol–water partition coefficient (Wildman–Crippen LogP) is 2.50. The molecule has 6 nitrogen and oxygen atoms in total. The van der Waals surface area contributed by atoms with Crippen molar-refractivity contribution in [3.8, 4) is 0 Å². The fraction of sp³-hybridized carbons (Fsp3) is 0.579. The maximum atomic E-state index is 12.0. The van der Waals surface area contributed by atoms with Crippen molar-refractivity contribution in [2.75, 3.05) is 31.5 Å². The Morgan fingerprint density at radius 1 is 1.24 bits per heavy atom. The van der Waals surface area contributed by atoms with Crippen LogP contribution in [0.3, 0.4) is 0 Å². The molecule has 1 aliphatic heterocycles. The molecule has 1 aliphatic rings. The molecule has 0 aromatic heterocycles. The monoisotopic (exact) mass is 346 g/mol. The van der Waals surface area contributed by atoms with Crippen LogP contribution < -0.4 is 16.0 Å². The second-order valence-corrected chi connectivity index (χ2v) is 6.71. The van der Waals surface area contributed by atoms with Gasteiger partial charge in [-0.3, -0.25) is 4.79 Å². The Morgan fingerprint density at radius 3 is 2.68 bits per heavy atom. The number of nitrogens with zero attached hydrogens (tertiary/aromatic N) is 1. The van der Waals surface area contributed by atoms with Crippen molar-refractivity contribution in [1.82, 2.24) is 15.5 Å². The summed E-state index contributed by atoms with van der Waals surface area (Å²) in [6.45, 7) is 7.38. The van der Waals surface area contributed by atoms with Gasteiger partial charge in [0.2, 0.25) is 5.91 Å². The van der Waals surface area contributed by atoms with Gasteiger partial charge in [0, 0.05) is 24.8 Å². The zero-order valence-corrected chi connectivity index (χ0v) is 15.3. The number of unbranched alkanes of at least 4 members (excludes halogenated alkanes) is 1. The first-order valence-electron chi connectivity index (χ1n) is 9.20. The van der Waals surface area contributed by atoms with Crippen LogP contribution in [0.4, 0.5) is 10.5 Å². The lowest BCUT2D eigenvalue weighted by Crippen LogP contribution is -2.47. The quantitative estimate of drug-likeness (QED) is 0.710. The van der Waals surface area contributed by atoms with Crippen LogP contribution in [0.25, 0.3) is 0 Å². The summed E-state index contributed by atoms with van der Waals surface area (Å²) < 4.78 is 0. The van der Waals surface area contributed by atoms with E-state index in [1.165, 1.54) is 12.8 Å². The number of hydrogen-bond donors (Lipinski definition) is 3. The number of rotatable bonds is 7. The van der Waals surface area contributed by atoms with Gasteiger partial charge in [0.1, 0.15) is 0 Å². The molecular weight excluding hydrogens is 316 g/mol. The molecule has 3 N–H and O–H groups in total. The van der Waals surface area contributed by atoms with E-state index < -0.39 is 0 Å². The SMILES string of the molecule is CCCCN1CCC(NC(=O)CNC(=O)Nc2cccc(C)c2)CC1. The summed E-state index contributed by atoms with van der Waals surface area (Å²) in [6, 6.07) is 7.39. The molecule has 0 radical (unpaired) electrons. The lowest BCUT2D eigenvalue weighted by molar-refractivity contribution is -0.121. The van der Waals surface area contributed by atoms with E-state index >= 15 is 0 Å². The molecule has 1 aromatic rings. The normalized spacial score (nSPS) is 15.6. The van der Waals surface area contributed by atoms with Gasteiger partial charge in [-0.15, -0.1) is 0 Å². The highest BCUT2D eigenvalue weighted by Crippen LogP contribution is 2.11. The second-order valence-electron chi connectivity index (χ2n) is 6.71. The van der Waals surface area contributed by atoms with Gasteiger partial charge in [-0.1, -0.05) is 25.5 Å². The van der Waals surface area contributed by atoms with Crippen LogP contribution in [-0.4, -0.2) is 49.1 Å². The molecule has 0 atom stereocenters. The third-order valence-corrected chi connectivity index (χ3v) is 4.47. The molecule has 25 heavy (non-hydrogen) atoms. The van der Waals surface area contributed by atoms with Crippen molar-refractivity contribution in [3.05, 3.63) is 29.8 Å². The summed E-state index contributed by atoms with van der Waals surface area (Å²) in [5, 5.41) is 8.35. The minimum Gasteiger partial charge on any atom is -0.352 e. The van der Waals surface area contributed by atoms with E-state index in [0.717, 1.165) is 43.7 Å². The molecular formula is C19H30N4O2. The van der Waals surface area contributed by atoms with Crippen molar-refractivity contribution in [2.24, 2.45) is 0 Å². The van der Waals surface area contributed by atoms with Crippen molar-refractivity contribution in [1.29, 1.82) is 0 Å². The lowest BCUT2D eigenvalue weighted by Gasteiger charge is -2.32. The standard InChI is InChI=1S/C19H30N4O2/c1-3-4-10-23-11-8-16(9-12-23)21-18(24)14-20-19(25)22-17-7-5-6-15(2)13-17/h5-7,13,16H,3-4,8-12,14H2,1-2H3,(H,21,24)(H2,20,22,25). The molecule has 1 heterocycles. The molecule has 1 saturated heterocycles. The maximum absolute atomic E-state index is 12.0. The van der Waals surface area contributed by atoms with Crippen LogP contribution in [-0.2, 0) is 4.79 Å². The average Bonchev–Trinajstić information content (AvgIpc) is 2.59. The first kappa shape index (κ1) is 19.2. The number of hydrogen-bond acceptors (Lipinski definition) is 3. The molecule has 0 aliphatic carbocycles.